The van der Waals surface area contributed by atoms with Gasteiger partial charge in [-0.1, -0.05) is 12.1 Å². The van der Waals surface area contributed by atoms with E-state index in [0.29, 0.717) is 0 Å². The second-order valence-corrected chi connectivity index (χ2v) is 6.01. The van der Waals surface area contributed by atoms with Gasteiger partial charge in [0, 0.05) is 17.7 Å². The molecule has 1 aliphatic heterocycles. The zero-order valence-electron chi connectivity index (χ0n) is 13.7. The highest BCUT2D eigenvalue weighted by atomic mass is 16.6. The van der Waals surface area contributed by atoms with E-state index in [1.54, 1.807) is 12.1 Å². The molecule has 8 N–H and O–H groups in total. The van der Waals surface area contributed by atoms with Gasteiger partial charge < -0.3 is 41.3 Å². The molecular formula is C16H22N2O8. The number of rotatable bonds is 7. The van der Waals surface area contributed by atoms with Gasteiger partial charge in [-0.25, -0.2) is 0 Å². The zero-order chi connectivity index (χ0) is 19.4. The number of aliphatic hydroxyl groups is 4. The number of aliphatic hydroxyl groups excluding tert-OH is 4. The number of ether oxygens (including phenoxy) is 1. The Bertz CT molecular complexity index is 653. The van der Waals surface area contributed by atoms with Crippen molar-refractivity contribution >= 4 is 17.4 Å². The summed E-state index contributed by atoms with van der Waals surface area (Å²) < 4.78 is 5.34. The van der Waals surface area contributed by atoms with Gasteiger partial charge in [0.25, 0.3) is 0 Å². The fourth-order valence-corrected chi connectivity index (χ4v) is 2.62. The van der Waals surface area contributed by atoms with Gasteiger partial charge in [0.05, 0.1) is 6.61 Å². The van der Waals surface area contributed by atoms with Crippen molar-refractivity contribution in [1.29, 1.82) is 0 Å². The minimum Gasteiger partial charge on any atom is -0.480 e. The lowest BCUT2D eigenvalue weighted by Gasteiger charge is -2.40. The molecule has 10 nitrogen and oxygen atoms in total. The van der Waals surface area contributed by atoms with Gasteiger partial charge in [-0.3, -0.25) is 9.59 Å². The average Bonchev–Trinajstić information content (AvgIpc) is 2.62. The van der Waals surface area contributed by atoms with Crippen LogP contribution in [0.4, 0.5) is 5.69 Å². The van der Waals surface area contributed by atoms with Crippen molar-refractivity contribution < 1.29 is 39.9 Å². The Kier molecular flexibility index (Phi) is 6.64. The first kappa shape index (κ1) is 20.2. The Morgan fingerprint density at radius 2 is 1.81 bits per heavy atom. The molecule has 10 heteroatoms. The van der Waals surface area contributed by atoms with Crippen molar-refractivity contribution in [2.45, 2.75) is 43.1 Å². The van der Waals surface area contributed by atoms with Gasteiger partial charge in [0.2, 0.25) is 0 Å². The number of para-hydroxylation sites is 1. The van der Waals surface area contributed by atoms with Crippen LogP contribution in [-0.2, 0) is 9.53 Å². The molecule has 1 heterocycles. The maximum Gasteiger partial charge on any atom is 0.320 e. The Morgan fingerprint density at radius 3 is 2.42 bits per heavy atom. The summed E-state index contributed by atoms with van der Waals surface area (Å²) in [7, 11) is 0. The number of benzene rings is 1. The summed E-state index contributed by atoms with van der Waals surface area (Å²) in [5.41, 5.74) is 5.73. The third-order valence-electron chi connectivity index (χ3n) is 4.14. The lowest BCUT2D eigenvalue weighted by Crippen LogP contribution is -2.60. The van der Waals surface area contributed by atoms with E-state index in [4.69, 9.17) is 15.6 Å². The number of carbonyl (C=O) groups excluding carboxylic acids is 1. The first-order valence-corrected chi connectivity index (χ1v) is 7.94. The number of hydrogen-bond acceptors (Lipinski definition) is 9. The van der Waals surface area contributed by atoms with Gasteiger partial charge in [-0.15, -0.1) is 0 Å². The molecule has 0 amide bonds. The topological polar surface area (TPSA) is 183 Å². The first-order valence-electron chi connectivity index (χ1n) is 7.94. The summed E-state index contributed by atoms with van der Waals surface area (Å²) in [6.45, 7) is -0.586. The third-order valence-corrected chi connectivity index (χ3v) is 4.14. The number of ketones is 1. The Hall–Kier alpha value is -2.08. The van der Waals surface area contributed by atoms with Crippen LogP contribution < -0.4 is 11.1 Å². The van der Waals surface area contributed by atoms with E-state index in [9.17, 15) is 30.0 Å². The molecule has 144 valence electrons. The molecule has 26 heavy (non-hydrogen) atoms. The number of aliphatic carboxylic acids is 1. The summed E-state index contributed by atoms with van der Waals surface area (Å²) in [6, 6.07) is 4.76. The Morgan fingerprint density at radius 1 is 1.15 bits per heavy atom. The van der Waals surface area contributed by atoms with Crippen molar-refractivity contribution in [2.24, 2.45) is 5.73 Å². The average molecular weight is 370 g/mol. The number of nitrogens with one attached hydrogen (secondary N) is 1. The summed E-state index contributed by atoms with van der Waals surface area (Å²) in [5, 5.41) is 50.5. The second kappa shape index (κ2) is 8.54. The Labute approximate surface area is 148 Å². The minimum absolute atomic E-state index is 0.126. The molecule has 1 aromatic rings. The molecule has 0 spiro atoms. The number of anilines is 1. The van der Waals surface area contributed by atoms with Crippen LogP contribution in [0.15, 0.2) is 24.3 Å². The molecule has 6 atom stereocenters. The molecule has 2 rings (SSSR count). The molecule has 1 aromatic carbocycles. The van der Waals surface area contributed by atoms with E-state index in [0.717, 1.165) is 0 Å². The molecule has 1 saturated heterocycles. The molecule has 0 aliphatic carbocycles. The van der Waals surface area contributed by atoms with Crippen LogP contribution in [-0.4, -0.2) is 80.6 Å². The molecule has 1 aliphatic rings. The number of nitrogens with two attached hydrogens (primary N) is 1. The number of carboxylic acids is 1. The fourth-order valence-electron chi connectivity index (χ4n) is 2.62. The fraction of sp³-hybridized carbons (Fsp3) is 0.500. The van der Waals surface area contributed by atoms with E-state index in [2.05, 4.69) is 5.32 Å². The van der Waals surface area contributed by atoms with Gasteiger partial charge in [-0.2, -0.15) is 0 Å². The van der Waals surface area contributed by atoms with Crippen LogP contribution in [0.1, 0.15) is 16.8 Å². The highest BCUT2D eigenvalue weighted by molar-refractivity contribution is 6.03. The molecule has 0 bridgehead atoms. The quantitative estimate of drug-likeness (QED) is 0.262. The molecule has 1 fully saturated rings. The van der Waals surface area contributed by atoms with Gasteiger partial charge in [0.1, 0.15) is 30.5 Å². The third kappa shape index (κ3) is 4.36. The molecule has 0 radical (unpaired) electrons. The van der Waals surface area contributed by atoms with E-state index in [1.165, 1.54) is 12.1 Å². The number of Topliss-reactive ketones (excluding diaryl/α,β-unsaturated/α-hetero) is 1. The van der Waals surface area contributed by atoms with E-state index in [1.807, 2.05) is 0 Å². The van der Waals surface area contributed by atoms with Gasteiger partial charge in [0.15, 0.2) is 12.0 Å². The molecule has 0 saturated carbocycles. The smallest absolute Gasteiger partial charge is 0.320 e. The van der Waals surface area contributed by atoms with Crippen LogP contribution in [0.25, 0.3) is 0 Å². The first-order chi connectivity index (χ1) is 12.3. The van der Waals surface area contributed by atoms with Crippen molar-refractivity contribution in [1.82, 2.24) is 0 Å². The molecular weight excluding hydrogens is 348 g/mol. The predicted molar refractivity (Wildman–Crippen MR) is 88.4 cm³/mol. The molecule has 0 aromatic heterocycles. The van der Waals surface area contributed by atoms with Crippen LogP contribution in [0.3, 0.4) is 0 Å². The highest BCUT2D eigenvalue weighted by Crippen LogP contribution is 2.25. The zero-order valence-corrected chi connectivity index (χ0v) is 13.7. The Balaban J connectivity index is 2.19. The van der Waals surface area contributed by atoms with Crippen LogP contribution >= 0.6 is 0 Å². The number of carboxylic acid groups (broad SMARTS) is 1. The summed E-state index contributed by atoms with van der Waals surface area (Å²) in [5.74, 6) is -1.84. The van der Waals surface area contributed by atoms with Crippen molar-refractivity contribution in [3.8, 4) is 0 Å². The highest BCUT2D eigenvalue weighted by Gasteiger charge is 2.43. The second-order valence-electron chi connectivity index (χ2n) is 6.01. The largest absolute Gasteiger partial charge is 0.480 e. The lowest BCUT2D eigenvalue weighted by molar-refractivity contribution is -0.221. The van der Waals surface area contributed by atoms with E-state index < -0.39 is 61.5 Å². The van der Waals surface area contributed by atoms with Crippen molar-refractivity contribution in [2.75, 3.05) is 11.9 Å². The van der Waals surface area contributed by atoms with Crippen LogP contribution in [0.5, 0.6) is 0 Å². The van der Waals surface area contributed by atoms with Crippen molar-refractivity contribution in [3.05, 3.63) is 29.8 Å². The maximum absolute atomic E-state index is 12.3. The SMILES string of the molecule is N[C@@H](CC(=O)c1ccccc1NC1O[C@H](CO)[C@@H](O)[C@@H](O)[C@H]1O)C(=O)O. The standard InChI is InChI=1S/C16H22N2O8/c17-8(16(24)25)5-10(20)7-3-1-2-4-9(7)18-15-14(23)13(22)12(21)11(6-19)26-15/h1-4,8,11-15,18-19,21-23H,5-6,17H2,(H,24,25)/t8-,11+,12+,13+,14+,15?/m0/s1. The monoisotopic (exact) mass is 370 g/mol. The summed E-state index contributed by atoms with van der Waals surface area (Å²) in [6.07, 6.45) is -7.35. The predicted octanol–water partition coefficient (Wildman–Crippen LogP) is -2.12. The normalized spacial score (nSPS) is 29.8. The number of hydrogen-bond donors (Lipinski definition) is 7. The van der Waals surface area contributed by atoms with Gasteiger partial charge in [-0.05, 0) is 12.1 Å². The van der Waals surface area contributed by atoms with Crippen LogP contribution in [0.2, 0.25) is 0 Å². The summed E-state index contributed by atoms with van der Waals surface area (Å²) in [4.78, 5) is 23.2. The molecule has 1 unspecified atom stereocenters. The van der Waals surface area contributed by atoms with Gasteiger partial charge >= 0.3 is 5.97 Å². The van der Waals surface area contributed by atoms with Crippen LogP contribution in [0, 0.1) is 0 Å². The lowest BCUT2D eigenvalue weighted by atomic mass is 9.97. The van der Waals surface area contributed by atoms with E-state index >= 15 is 0 Å². The van der Waals surface area contributed by atoms with E-state index in [-0.39, 0.29) is 11.3 Å². The minimum atomic E-state index is -1.57. The maximum atomic E-state index is 12.3. The summed E-state index contributed by atoms with van der Waals surface area (Å²) >= 11 is 0. The number of carbonyl (C=O) groups is 2. The van der Waals surface area contributed by atoms with Crippen molar-refractivity contribution in [3.63, 3.8) is 0 Å².